The molecule has 0 amide bonds. The fourth-order valence-corrected chi connectivity index (χ4v) is 1.91. The van der Waals surface area contributed by atoms with Crippen molar-refractivity contribution in [2.24, 2.45) is 0 Å². The Labute approximate surface area is 98.1 Å². The zero-order valence-electron chi connectivity index (χ0n) is 9.15. The summed E-state index contributed by atoms with van der Waals surface area (Å²) < 4.78 is 6.89. The van der Waals surface area contributed by atoms with E-state index >= 15 is 0 Å². The Morgan fingerprint density at radius 1 is 1.29 bits per heavy atom. The van der Waals surface area contributed by atoms with Gasteiger partial charge in [0.05, 0.1) is 42.5 Å². The van der Waals surface area contributed by atoms with Crippen LogP contribution in [0.5, 0.6) is 0 Å². The van der Waals surface area contributed by atoms with Crippen molar-refractivity contribution in [3.05, 3.63) is 54.7 Å². The number of rotatable bonds is 3. The third-order valence-electron chi connectivity index (χ3n) is 2.82. The molecular weight excluding hydrogens is 216 g/mol. The highest BCUT2D eigenvalue weighted by atomic mass is 16.3. The van der Waals surface area contributed by atoms with E-state index in [0.29, 0.717) is 6.54 Å². The van der Waals surface area contributed by atoms with Gasteiger partial charge in [-0.2, -0.15) is 0 Å². The summed E-state index contributed by atoms with van der Waals surface area (Å²) in [6.45, 7) is 0.472. The van der Waals surface area contributed by atoms with E-state index in [0.717, 1.165) is 16.6 Å². The molecule has 1 aromatic carbocycles. The van der Waals surface area contributed by atoms with E-state index in [1.165, 1.54) is 0 Å². The molecule has 4 heteroatoms. The van der Waals surface area contributed by atoms with Crippen LogP contribution in [0.4, 0.5) is 0 Å². The quantitative estimate of drug-likeness (QED) is 0.748. The topological polar surface area (TPSA) is 51.2 Å². The van der Waals surface area contributed by atoms with Crippen molar-refractivity contribution in [3.8, 4) is 0 Å². The number of furan rings is 1. The lowest BCUT2D eigenvalue weighted by Crippen LogP contribution is -2.06. The Hall–Kier alpha value is -2.07. The first-order valence-corrected chi connectivity index (χ1v) is 5.44. The predicted molar refractivity (Wildman–Crippen MR) is 63.4 cm³/mol. The van der Waals surface area contributed by atoms with E-state index in [1.54, 1.807) is 24.9 Å². The summed E-state index contributed by atoms with van der Waals surface area (Å²) in [5.41, 5.74) is 2.74. The maximum absolute atomic E-state index is 10.0. The van der Waals surface area contributed by atoms with E-state index in [-0.39, 0.29) is 0 Å². The summed E-state index contributed by atoms with van der Waals surface area (Å²) >= 11 is 0. The van der Waals surface area contributed by atoms with Crippen LogP contribution in [0.15, 0.2) is 53.6 Å². The summed E-state index contributed by atoms with van der Waals surface area (Å²) in [5.74, 6) is 0. The molecule has 1 N–H and O–H groups in total. The molecule has 0 bridgehead atoms. The molecule has 3 rings (SSSR count). The van der Waals surface area contributed by atoms with E-state index in [1.807, 2.05) is 28.8 Å². The maximum Gasteiger partial charge on any atom is 0.1000 e. The van der Waals surface area contributed by atoms with Crippen molar-refractivity contribution in [1.82, 2.24) is 9.55 Å². The minimum atomic E-state index is -0.577. The molecule has 0 saturated carbocycles. The molecule has 0 spiro atoms. The first-order chi connectivity index (χ1) is 8.34. The van der Waals surface area contributed by atoms with Crippen LogP contribution < -0.4 is 0 Å². The highest BCUT2D eigenvalue weighted by Gasteiger charge is 2.11. The Bertz CT molecular complexity index is 613. The van der Waals surface area contributed by atoms with Crippen LogP contribution in [-0.2, 0) is 6.54 Å². The molecule has 17 heavy (non-hydrogen) atoms. The molecule has 0 aliphatic carbocycles. The normalized spacial score (nSPS) is 13.0. The molecule has 0 saturated heterocycles. The second kappa shape index (κ2) is 4.07. The first-order valence-electron chi connectivity index (χ1n) is 5.44. The van der Waals surface area contributed by atoms with Crippen LogP contribution in [0.2, 0.25) is 0 Å². The van der Waals surface area contributed by atoms with Crippen LogP contribution in [0, 0.1) is 0 Å². The van der Waals surface area contributed by atoms with Gasteiger partial charge >= 0.3 is 0 Å². The fourth-order valence-electron chi connectivity index (χ4n) is 1.91. The minimum absolute atomic E-state index is 0.472. The van der Waals surface area contributed by atoms with E-state index in [2.05, 4.69) is 4.98 Å². The molecule has 1 atom stereocenters. The summed E-state index contributed by atoms with van der Waals surface area (Å²) in [5, 5.41) is 10.0. The molecule has 1 unspecified atom stereocenters. The molecule has 0 radical (unpaired) electrons. The number of hydrogen-bond acceptors (Lipinski definition) is 3. The van der Waals surface area contributed by atoms with Gasteiger partial charge in [-0.3, -0.25) is 0 Å². The van der Waals surface area contributed by atoms with Crippen LogP contribution in [0.25, 0.3) is 11.0 Å². The van der Waals surface area contributed by atoms with Gasteiger partial charge in [-0.05, 0) is 18.2 Å². The van der Waals surface area contributed by atoms with Crippen molar-refractivity contribution in [2.45, 2.75) is 12.6 Å². The van der Waals surface area contributed by atoms with Gasteiger partial charge in [0, 0.05) is 5.56 Å². The van der Waals surface area contributed by atoms with Gasteiger partial charge in [-0.25, -0.2) is 4.98 Å². The summed E-state index contributed by atoms with van der Waals surface area (Å²) in [6.07, 6.45) is 4.29. The fraction of sp³-hybridized carbons (Fsp3) is 0.154. The van der Waals surface area contributed by atoms with Crippen molar-refractivity contribution in [1.29, 1.82) is 0 Å². The Balaban J connectivity index is 1.90. The molecule has 0 fully saturated rings. The van der Waals surface area contributed by atoms with E-state index < -0.39 is 6.10 Å². The van der Waals surface area contributed by atoms with Crippen molar-refractivity contribution >= 4 is 11.0 Å². The molecule has 0 aliphatic rings. The van der Waals surface area contributed by atoms with Crippen LogP contribution in [-0.4, -0.2) is 14.7 Å². The zero-order valence-corrected chi connectivity index (χ0v) is 9.15. The third kappa shape index (κ3) is 1.83. The average molecular weight is 228 g/mol. The number of hydrogen-bond donors (Lipinski definition) is 1. The lowest BCUT2D eigenvalue weighted by Gasteiger charge is -2.09. The smallest absolute Gasteiger partial charge is 0.1000 e. The standard InChI is InChI=1S/C13H12N2O2/c16-13(10-5-6-17-8-10)7-15-9-14-11-3-1-2-4-12(11)15/h1-6,8-9,13,16H,7H2. The second-order valence-corrected chi connectivity index (χ2v) is 3.96. The van der Waals surface area contributed by atoms with Crippen molar-refractivity contribution in [3.63, 3.8) is 0 Å². The van der Waals surface area contributed by atoms with Crippen molar-refractivity contribution < 1.29 is 9.52 Å². The van der Waals surface area contributed by atoms with Gasteiger partial charge < -0.3 is 14.1 Å². The predicted octanol–water partition coefficient (Wildman–Crippen LogP) is 2.36. The summed E-state index contributed by atoms with van der Waals surface area (Å²) in [4.78, 5) is 4.28. The molecular formula is C13H12N2O2. The molecule has 86 valence electrons. The number of imidazole rings is 1. The SMILES string of the molecule is OC(Cn1cnc2ccccc21)c1ccoc1. The average Bonchev–Trinajstić information content (AvgIpc) is 2.98. The van der Waals surface area contributed by atoms with Crippen LogP contribution >= 0.6 is 0 Å². The summed E-state index contributed by atoms with van der Waals surface area (Å²) in [7, 11) is 0. The zero-order chi connectivity index (χ0) is 11.7. The molecule has 2 aromatic heterocycles. The third-order valence-corrected chi connectivity index (χ3v) is 2.82. The number of aliphatic hydroxyl groups excluding tert-OH is 1. The largest absolute Gasteiger partial charge is 0.472 e. The molecule has 0 aliphatic heterocycles. The van der Waals surface area contributed by atoms with Gasteiger partial charge in [0.25, 0.3) is 0 Å². The first kappa shape index (κ1) is 10.1. The second-order valence-electron chi connectivity index (χ2n) is 3.96. The number of fused-ring (bicyclic) bond motifs is 1. The molecule has 3 aromatic rings. The van der Waals surface area contributed by atoms with Crippen molar-refractivity contribution in [2.75, 3.05) is 0 Å². The highest BCUT2D eigenvalue weighted by Crippen LogP contribution is 2.18. The van der Waals surface area contributed by atoms with Gasteiger partial charge in [0.2, 0.25) is 0 Å². The lowest BCUT2D eigenvalue weighted by atomic mass is 10.2. The van der Waals surface area contributed by atoms with E-state index in [4.69, 9.17) is 4.42 Å². The lowest BCUT2D eigenvalue weighted by molar-refractivity contribution is 0.157. The number of aliphatic hydroxyl groups is 1. The van der Waals surface area contributed by atoms with Gasteiger partial charge in [-0.15, -0.1) is 0 Å². The van der Waals surface area contributed by atoms with Gasteiger partial charge in [0.15, 0.2) is 0 Å². The Morgan fingerprint density at radius 2 is 2.18 bits per heavy atom. The number of nitrogens with zero attached hydrogens (tertiary/aromatic N) is 2. The summed E-state index contributed by atoms with van der Waals surface area (Å²) in [6, 6.07) is 9.63. The Kier molecular flexibility index (Phi) is 2.42. The maximum atomic E-state index is 10.0. The monoisotopic (exact) mass is 228 g/mol. The van der Waals surface area contributed by atoms with Crippen LogP contribution in [0.1, 0.15) is 11.7 Å². The van der Waals surface area contributed by atoms with Gasteiger partial charge in [0.1, 0.15) is 0 Å². The molecule has 2 heterocycles. The number of benzene rings is 1. The number of aromatic nitrogens is 2. The number of para-hydroxylation sites is 2. The van der Waals surface area contributed by atoms with E-state index in [9.17, 15) is 5.11 Å². The van der Waals surface area contributed by atoms with Gasteiger partial charge in [-0.1, -0.05) is 12.1 Å². The van der Waals surface area contributed by atoms with Crippen LogP contribution in [0.3, 0.4) is 0 Å². The highest BCUT2D eigenvalue weighted by molar-refractivity contribution is 5.74. The molecule has 4 nitrogen and oxygen atoms in total. The Morgan fingerprint density at radius 3 is 3.00 bits per heavy atom. The minimum Gasteiger partial charge on any atom is -0.472 e.